The van der Waals surface area contributed by atoms with Crippen molar-refractivity contribution in [2.75, 3.05) is 39.3 Å². The molecule has 2 heterocycles. The van der Waals surface area contributed by atoms with Crippen LogP contribution in [0.25, 0.3) is 0 Å². The van der Waals surface area contributed by atoms with E-state index in [1.165, 1.54) is 0 Å². The first-order valence-electron chi connectivity index (χ1n) is 12.2. The van der Waals surface area contributed by atoms with Crippen molar-refractivity contribution in [2.45, 2.75) is 65.2 Å². The van der Waals surface area contributed by atoms with Gasteiger partial charge in [-0.15, -0.1) is 0 Å². The largest absolute Gasteiger partial charge is 0.496 e. The Morgan fingerprint density at radius 2 is 1.23 bits per heavy atom. The number of hydrogen-bond acceptors (Lipinski definition) is 8. The monoisotopic (exact) mass is 490 g/mol. The highest BCUT2D eigenvalue weighted by molar-refractivity contribution is 6.61. The molecule has 0 aromatic heterocycles. The summed E-state index contributed by atoms with van der Waals surface area (Å²) in [4.78, 5) is 28.9. The smallest absolute Gasteiger partial charge is 0.444 e. The first kappa shape index (κ1) is 27.3. The molecule has 11 heteroatoms. The zero-order valence-corrected chi connectivity index (χ0v) is 21.7. The summed E-state index contributed by atoms with van der Waals surface area (Å²) in [5.41, 5.74) is -0.468. The fraction of sp³-hybridized carbons (Fsp3) is 0.667. The van der Waals surface area contributed by atoms with Crippen molar-refractivity contribution >= 4 is 24.8 Å². The van der Waals surface area contributed by atoms with Crippen molar-refractivity contribution in [3.05, 3.63) is 30.3 Å². The molecule has 2 N–H and O–H groups in total. The van der Waals surface area contributed by atoms with E-state index < -0.39 is 43.0 Å². The lowest BCUT2D eigenvalue weighted by atomic mass is 9.78. The Kier molecular flexibility index (Phi) is 9.03. The molecule has 2 saturated heterocycles. The van der Waals surface area contributed by atoms with Gasteiger partial charge in [-0.05, 0) is 47.0 Å². The van der Waals surface area contributed by atoms with Gasteiger partial charge < -0.3 is 29.4 Å². The highest BCUT2D eigenvalue weighted by atomic mass is 16.6. The molecule has 0 saturated carbocycles. The average molecular weight is 490 g/mol. The topological polar surface area (TPSA) is 102 Å². The minimum Gasteiger partial charge on any atom is -0.444 e. The normalized spacial score (nSPS) is 21.4. The Balaban J connectivity index is 1.80. The number of carbonyl (C=O) groups excluding carboxylic acids is 2. The number of nitrogens with zero attached hydrogens (tertiary/aromatic N) is 2. The van der Waals surface area contributed by atoms with Gasteiger partial charge in [0.05, 0.1) is 0 Å². The molecule has 2 unspecified atom stereocenters. The van der Waals surface area contributed by atoms with Crippen LogP contribution in [-0.4, -0.2) is 92.0 Å². The zero-order valence-electron chi connectivity index (χ0n) is 21.7. The van der Waals surface area contributed by atoms with Gasteiger partial charge in [0.2, 0.25) is 0 Å². The Morgan fingerprint density at radius 1 is 0.800 bits per heavy atom. The second kappa shape index (κ2) is 11.6. The SMILES string of the molecule is CC(C)(C)OC(=O)N1CCNCC1OB(OC1CNCCN1C(=O)OC(C)(C)C)c1ccccc1. The number of carbonyl (C=O) groups is 2. The van der Waals surface area contributed by atoms with E-state index in [2.05, 4.69) is 10.6 Å². The number of rotatable bonds is 5. The molecule has 0 bridgehead atoms. The Hall–Kier alpha value is -2.34. The summed E-state index contributed by atoms with van der Waals surface area (Å²) >= 11 is 0. The second-order valence-corrected chi connectivity index (χ2v) is 10.7. The van der Waals surface area contributed by atoms with Crippen LogP contribution in [-0.2, 0) is 18.8 Å². The summed E-state index contributed by atoms with van der Waals surface area (Å²) in [7, 11) is -0.833. The lowest BCUT2D eigenvalue weighted by Crippen LogP contribution is -2.61. The van der Waals surface area contributed by atoms with E-state index in [1.54, 1.807) is 9.80 Å². The molecule has 0 aliphatic carbocycles. The molecule has 194 valence electrons. The van der Waals surface area contributed by atoms with Crippen LogP contribution in [0.15, 0.2) is 30.3 Å². The summed E-state index contributed by atoms with van der Waals surface area (Å²) in [6.45, 7) is 14.0. The van der Waals surface area contributed by atoms with Crippen LogP contribution in [0, 0.1) is 0 Å². The van der Waals surface area contributed by atoms with Crippen molar-refractivity contribution in [1.82, 2.24) is 20.4 Å². The summed E-state index contributed by atoms with van der Waals surface area (Å²) in [5.74, 6) is 0. The number of nitrogens with one attached hydrogen (secondary N) is 2. The van der Waals surface area contributed by atoms with E-state index in [0.717, 1.165) is 5.46 Å². The first-order valence-corrected chi connectivity index (χ1v) is 12.2. The van der Waals surface area contributed by atoms with Gasteiger partial charge >= 0.3 is 19.3 Å². The zero-order chi connectivity index (χ0) is 25.6. The molecular formula is C24H39BN4O6. The first-order chi connectivity index (χ1) is 16.4. The van der Waals surface area contributed by atoms with Gasteiger partial charge in [-0.3, -0.25) is 9.80 Å². The third-order valence-electron chi connectivity index (χ3n) is 5.28. The highest BCUT2D eigenvalue weighted by Crippen LogP contribution is 2.18. The molecule has 10 nitrogen and oxygen atoms in total. The molecule has 2 fully saturated rings. The van der Waals surface area contributed by atoms with E-state index >= 15 is 0 Å². The maximum atomic E-state index is 12.9. The molecule has 0 radical (unpaired) electrons. The van der Waals surface area contributed by atoms with Crippen molar-refractivity contribution < 1.29 is 28.4 Å². The fourth-order valence-electron chi connectivity index (χ4n) is 3.75. The van der Waals surface area contributed by atoms with Gasteiger partial charge in [0.1, 0.15) is 23.7 Å². The van der Waals surface area contributed by atoms with Crippen LogP contribution >= 0.6 is 0 Å². The van der Waals surface area contributed by atoms with Crippen molar-refractivity contribution in [2.24, 2.45) is 0 Å². The third kappa shape index (κ3) is 8.38. The Labute approximate surface area is 208 Å². The standard InChI is InChI=1S/C24H39BN4O6/c1-23(2,3)32-21(30)28-14-12-26-16-19(28)34-25(18-10-8-7-9-11-18)35-20-17-27-13-15-29(20)22(31)33-24(4,5)6/h7-11,19-20,26-27H,12-17H2,1-6H3. The van der Waals surface area contributed by atoms with E-state index in [-0.39, 0.29) is 0 Å². The number of piperazine rings is 2. The van der Waals surface area contributed by atoms with E-state index in [1.807, 2.05) is 71.9 Å². The number of hydrogen-bond donors (Lipinski definition) is 2. The number of ether oxygens (including phenoxy) is 2. The van der Waals surface area contributed by atoms with Crippen LogP contribution in [0.1, 0.15) is 41.5 Å². The second-order valence-electron chi connectivity index (χ2n) is 10.7. The lowest BCUT2D eigenvalue weighted by Gasteiger charge is -2.40. The molecule has 2 aliphatic rings. The van der Waals surface area contributed by atoms with Gasteiger partial charge in [0.25, 0.3) is 0 Å². The van der Waals surface area contributed by atoms with Crippen molar-refractivity contribution in [3.63, 3.8) is 0 Å². The minimum atomic E-state index is -0.833. The van der Waals surface area contributed by atoms with Gasteiger partial charge in [-0.1, -0.05) is 30.3 Å². The Morgan fingerprint density at radius 3 is 1.63 bits per heavy atom. The van der Waals surface area contributed by atoms with E-state index in [0.29, 0.717) is 39.3 Å². The predicted molar refractivity (Wildman–Crippen MR) is 133 cm³/mol. The maximum Gasteiger partial charge on any atom is 0.496 e. The van der Waals surface area contributed by atoms with Gasteiger partial charge in [0.15, 0.2) is 0 Å². The molecule has 1 aromatic rings. The fourth-order valence-corrected chi connectivity index (χ4v) is 3.75. The van der Waals surface area contributed by atoms with Crippen LogP contribution in [0.3, 0.4) is 0 Å². The Bertz CT molecular complexity index is 795. The average Bonchev–Trinajstić information content (AvgIpc) is 2.77. The van der Waals surface area contributed by atoms with Gasteiger partial charge in [-0.2, -0.15) is 0 Å². The van der Waals surface area contributed by atoms with Crippen LogP contribution < -0.4 is 16.1 Å². The molecular weight excluding hydrogens is 451 g/mol. The minimum absolute atomic E-state index is 0.421. The van der Waals surface area contributed by atoms with Gasteiger partial charge in [-0.25, -0.2) is 9.59 Å². The molecule has 1 aromatic carbocycles. The van der Waals surface area contributed by atoms with E-state index in [4.69, 9.17) is 18.8 Å². The molecule has 2 atom stereocenters. The van der Waals surface area contributed by atoms with Crippen LogP contribution in [0.2, 0.25) is 0 Å². The number of amides is 2. The van der Waals surface area contributed by atoms with Gasteiger partial charge in [0, 0.05) is 39.3 Å². The molecule has 35 heavy (non-hydrogen) atoms. The molecule has 2 amide bonds. The maximum absolute atomic E-state index is 12.9. The molecule has 2 aliphatic heterocycles. The highest BCUT2D eigenvalue weighted by Gasteiger charge is 2.39. The molecule has 3 rings (SSSR count). The summed E-state index contributed by atoms with van der Waals surface area (Å²) in [6.07, 6.45) is -2.11. The van der Waals surface area contributed by atoms with Crippen molar-refractivity contribution in [1.29, 1.82) is 0 Å². The van der Waals surface area contributed by atoms with E-state index in [9.17, 15) is 9.59 Å². The lowest BCUT2D eigenvalue weighted by molar-refractivity contribution is -0.0581. The van der Waals surface area contributed by atoms with Crippen LogP contribution in [0.5, 0.6) is 0 Å². The van der Waals surface area contributed by atoms with Crippen molar-refractivity contribution in [3.8, 4) is 0 Å². The molecule has 0 spiro atoms. The predicted octanol–water partition coefficient (Wildman–Crippen LogP) is 1.75. The van der Waals surface area contributed by atoms with Crippen LogP contribution in [0.4, 0.5) is 9.59 Å². The quantitative estimate of drug-likeness (QED) is 0.603. The summed E-state index contributed by atoms with van der Waals surface area (Å²) in [6, 6.07) is 9.49. The number of benzene rings is 1. The third-order valence-corrected chi connectivity index (χ3v) is 5.28. The summed E-state index contributed by atoms with van der Waals surface area (Å²) in [5, 5.41) is 6.54. The summed E-state index contributed by atoms with van der Waals surface area (Å²) < 4.78 is 24.0.